The second-order valence-corrected chi connectivity index (χ2v) is 2.43. The van der Waals surface area contributed by atoms with E-state index in [2.05, 4.69) is 25.4 Å². The molecule has 2 heteroatoms. The van der Waals surface area contributed by atoms with Crippen molar-refractivity contribution in [3.63, 3.8) is 0 Å². The van der Waals surface area contributed by atoms with Gasteiger partial charge in [0.25, 0.3) is 0 Å². The van der Waals surface area contributed by atoms with E-state index in [-0.39, 0.29) is 0 Å². The summed E-state index contributed by atoms with van der Waals surface area (Å²) < 4.78 is 1.98. The van der Waals surface area contributed by atoms with Crippen LogP contribution >= 0.6 is 0 Å². The number of imidazole rings is 1. The maximum Gasteiger partial charge on any atom is 0.0992 e. The van der Waals surface area contributed by atoms with E-state index in [1.807, 2.05) is 10.9 Å². The summed E-state index contributed by atoms with van der Waals surface area (Å²) >= 11 is 0. The molecule has 1 heterocycles. The number of rotatable bonds is 3. The summed E-state index contributed by atoms with van der Waals surface area (Å²) in [6.07, 6.45) is 5.65. The predicted octanol–water partition coefficient (Wildman–Crippen LogP) is 2.11. The Morgan fingerprint density at radius 2 is 2.27 bits per heavy atom. The summed E-state index contributed by atoms with van der Waals surface area (Å²) in [4.78, 5) is 4.27. The van der Waals surface area contributed by atoms with Gasteiger partial charge in [0.05, 0.1) is 12.0 Å². The Balaban J connectivity index is 3.08. The Morgan fingerprint density at radius 3 is 2.73 bits per heavy atom. The normalized spacial score (nSPS) is 10.0. The van der Waals surface area contributed by atoms with Crippen LogP contribution in [0.15, 0.2) is 12.9 Å². The molecule has 0 atom stereocenters. The molecule has 0 aliphatic carbocycles. The fraction of sp³-hybridized carbons (Fsp3) is 0.444. The molecule has 1 aromatic heterocycles. The van der Waals surface area contributed by atoms with Crippen molar-refractivity contribution in [1.29, 1.82) is 0 Å². The molecule has 0 saturated heterocycles. The van der Waals surface area contributed by atoms with E-state index in [0.717, 1.165) is 12.8 Å². The van der Waals surface area contributed by atoms with Crippen LogP contribution in [-0.4, -0.2) is 9.55 Å². The largest absolute Gasteiger partial charge is 0.310 e. The first-order valence-electron chi connectivity index (χ1n) is 4.00. The molecule has 1 aromatic rings. The van der Waals surface area contributed by atoms with Gasteiger partial charge in [0.1, 0.15) is 0 Å². The standard InChI is InChI=1S/C9H14N2/c1-4-8-9(5-2)11(6-3)7-10-8/h6-7H,3-5H2,1-2H3. The zero-order valence-corrected chi connectivity index (χ0v) is 7.17. The van der Waals surface area contributed by atoms with E-state index < -0.39 is 0 Å². The van der Waals surface area contributed by atoms with Gasteiger partial charge in [0, 0.05) is 11.9 Å². The minimum Gasteiger partial charge on any atom is -0.310 e. The first-order valence-corrected chi connectivity index (χ1v) is 4.00. The first kappa shape index (κ1) is 8.05. The Bertz CT molecular complexity index is 248. The van der Waals surface area contributed by atoms with Crippen LogP contribution in [0.5, 0.6) is 0 Å². The van der Waals surface area contributed by atoms with Crippen LogP contribution in [0.1, 0.15) is 25.2 Å². The second-order valence-electron chi connectivity index (χ2n) is 2.43. The first-order chi connectivity index (χ1) is 5.33. The van der Waals surface area contributed by atoms with Crippen LogP contribution in [0.25, 0.3) is 6.20 Å². The lowest BCUT2D eigenvalue weighted by Gasteiger charge is -1.99. The minimum atomic E-state index is 1.00. The predicted molar refractivity (Wildman–Crippen MR) is 47.4 cm³/mol. The maximum absolute atomic E-state index is 4.27. The van der Waals surface area contributed by atoms with Crippen molar-refractivity contribution in [2.24, 2.45) is 0 Å². The van der Waals surface area contributed by atoms with Gasteiger partial charge in [0.2, 0.25) is 0 Å². The Morgan fingerprint density at radius 1 is 1.55 bits per heavy atom. The van der Waals surface area contributed by atoms with E-state index >= 15 is 0 Å². The summed E-state index contributed by atoms with van der Waals surface area (Å²) in [5.74, 6) is 0. The number of aromatic nitrogens is 2. The summed E-state index contributed by atoms with van der Waals surface area (Å²) in [6, 6.07) is 0. The van der Waals surface area contributed by atoms with Gasteiger partial charge in [-0.3, -0.25) is 0 Å². The molecule has 0 aliphatic heterocycles. The van der Waals surface area contributed by atoms with Gasteiger partial charge in [-0.1, -0.05) is 20.4 Å². The third kappa shape index (κ3) is 1.34. The average molecular weight is 150 g/mol. The van der Waals surface area contributed by atoms with Crippen molar-refractivity contribution in [1.82, 2.24) is 9.55 Å². The van der Waals surface area contributed by atoms with Crippen LogP contribution in [0.3, 0.4) is 0 Å². The van der Waals surface area contributed by atoms with Crippen molar-refractivity contribution in [3.8, 4) is 0 Å². The summed E-state index contributed by atoms with van der Waals surface area (Å²) in [5.41, 5.74) is 2.47. The van der Waals surface area contributed by atoms with Crippen molar-refractivity contribution in [2.45, 2.75) is 26.7 Å². The average Bonchev–Trinajstić information content (AvgIpc) is 2.45. The van der Waals surface area contributed by atoms with Gasteiger partial charge in [-0.25, -0.2) is 4.98 Å². The lowest BCUT2D eigenvalue weighted by Crippen LogP contribution is -1.94. The zero-order valence-electron chi connectivity index (χ0n) is 7.17. The minimum absolute atomic E-state index is 1.00. The van der Waals surface area contributed by atoms with Crippen LogP contribution < -0.4 is 0 Å². The van der Waals surface area contributed by atoms with Gasteiger partial charge >= 0.3 is 0 Å². The highest BCUT2D eigenvalue weighted by Crippen LogP contribution is 2.08. The number of hydrogen-bond acceptors (Lipinski definition) is 1. The summed E-state index contributed by atoms with van der Waals surface area (Å²) in [6.45, 7) is 7.97. The van der Waals surface area contributed by atoms with Crippen molar-refractivity contribution in [2.75, 3.05) is 0 Å². The Kier molecular flexibility index (Phi) is 2.47. The number of hydrogen-bond donors (Lipinski definition) is 0. The monoisotopic (exact) mass is 150 g/mol. The highest BCUT2D eigenvalue weighted by molar-refractivity contribution is 5.26. The van der Waals surface area contributed by atoms with Gasteiger partial charge in [0.15, 0.2) is 0 Å². The van der Waals surface area contributed by atoms with Crippen LogP contribution in [0, 0.1) is 0 Å². The number of nitrogens with zero attached hydrogens (tertiary/aromatic N) is 2. The Hall–Kier alpha value is -1.05. The SMILES string of the molecule is C=Cn1cnc(CC)c1CC. The van der Waals surface area contributed by atoms with Crippen molar-refractivity contribution in [3.05, 3.63) is 24.3 Å². The highest BCUT2D eigenvalue weighted by atomic mass is 15.0. The van der Waals surface area contributed by atoms with Crippen LogP contribution in [0.2, 0.25) is 0 Å². The molecule has 0 N–H and O–H groups in total. The van der Waals surface area contributed by atoms with E-state index in [1.54, 1.807) is 6.20 Å². The Labute approximate surface area is 67.6 Å². The molecule has 0 saturated carbocycles. The van der Waals surface area contributed by atoms with E-state index in [9.17, 15) is 0 Å². The molecule has 0 fully saturated rings. The fourth-order valence-corrected chi connectivity index (χ4v) is 1.26. The van der Waals surface area contributed by atoms with Gasteiger partial charge in [-0.2, -0.15) is 0 Å². The highest BCUT2D eigenvalue weighted by Gasteiger charge is 2.03. The molecule has 1 rings (SSSR count). The molecule has 0 unspecified atom stereocenters. The molecule has 0 bridgehead atoms. The maximum atomic E-state index is 4.27. The molecule has 11 heavy (non-hydrogen) atoms. The molecular formula is C9H14N2. The lowest BCUT2D eigenvalue weighted by molar-refractivity contribution is 0.938. The van der Waals surface area contributed by atoms with Crippen molar-refractivity contribution < 1.29 is 0 Å². The molecule has 0 amide bonds. The van der Waals surface area contributed by atoms with Gasteiger partial charge < -0.3 is 4.57 Å². The van der Waals surface area contributed by atoms with E-state index in [4.69, 9.17) is 0 Å². The molecule has 0 spiro atoms. The number of aryl methyl sites for hydroxylation is 1. The summed E-state index contributed by atoms with van der Waals surface area (Å²) in [7, 11) is 0. The van der Waals surface area contributed by atoms with Crippen LogP contribution in [-0.2, 0) is 12.8 Å². The van der Waals surface area contributed by atoms with E-state index in [1.165, 1.54) is 11.4 Å². The topological polar surface area (TPSA) is 17.8 Å². The van der Waals surface area contributed by atoms with Gasteiger partial charge in [-0.05, 0) is 12.8 Å². The van der Waals surface area contributed by atoms with Crippen molar-refractivity contribution >= 4 is 6.20 Å². The summed E-state index contributed by atoms with van der Waals surface area (Å²) in [5, 5.41) is 0. The third-order valence-electron chi connectivity index (χ3n) is 1.85. The second kappa shape index (κ2) is 3.37. The quantitative estimate of drug-likeness (QED) is 0.645. The molecular weight excluding hydrogens is 136 g/mol. The lowest BCUT2D eigenvalue weighted by atomic mass is 10.2. The third-order valence-corrected chi connectivity index (χ3v) is 1.85. The molecule has 0 radical (unpaired) electrons. The smallest absolute Gasteiger partial charge is 0.0992 e. The zero-order chi connectivity index (χ0) is 8.27. The fourth-order valence-electron chi connectivity index (χ4n) is 1.26. The van der Waals surface area contributed by atoms with Crippen LogP contribution in [0.4, 0.5) is 0 Å². The molecule has 2 nitrogen and oxygen atoms in total. The molecule has 0 aromatic carbocycles. The van der Waals surface area contributed by atoms with E-state index in [0.29, 0.717) is 0 Å². The molecule has 60 valence electrons. The molecule has 0 aliphatic rings. The van der Waals surface area contributed by atoms with Gasteiger partial charge in [-0.15, -0.1) is 0 Å².